The van der Waals surface area contributed by atoms with Crippen molar-refractivity contribution in [1.29, 1.82) is 0 Å². The zero-order valence-corrected chi connectivity index (χ0v) is 13.0. The van der Waals surface area contributed by atoms with Crippen molar-refractivity contribution in [2.24, 2.45) is 0 Å². The van der Waals surface area contributed by atoms with Gasteiger partial charge in [0.1, 0.15) is 0 Å². The van der Waals surface area contributed by atoms with E-state index in [-0.39, 0.29) is 11.9 Å². The van der Waals surface area contributed by atoms with Crippen LogP contribution in [-0.4, -0.2) is 74.6 Å². The molecule has 1 amide bonds. The summed E-state index contributed by atoms with van der Waals surface area (Å²) < 4.78 is 0. The third kappa shape index (κ3) is 4.72. The lowest BCUT2D eigenvalue weighted by atomic mass is 10.0. The maximum atomic E-state index is 12.0. The van der Waals surface area contributed by atoms with Crippen molar-refractivity contribution in [3.8, 4) is 0 Å². The highest BCUT2D eigenvalue weighted by Gasteiger charge is 2.22. The maximum absolute atomic E-state index is 12.0. The molecular weight excluding hydrogens is 252 g/mol. The van der Waals surface area contributed by atoms with Crippen LogP contribution in [0.4, 0.5) is 0 Å². The Hall–Kier alpha value is -0.650. The minimum absolute atomic E-state index is 0.0447. The van der Waals surface area contributed by atoms with Gasteiger partial charge < -0.3 is 20.4 Å². The molecule has 2 heterocycles. The summed E-state index contributed by atoms with van der Waals surface area (Å²) in [6.45, 7) is 5.05. The fourth-order valence-electron chi connectivity index (χ4n) is 3.20. The van der Waals surface area contributed by atoms with Crippen molar-refractivity contribution >= 4 is 5.91 Å². The van der Waals surface area contributed by atoms with E-state index in [1.807, 2.05) is 0 Å². The first-order valence-corrected chi connectivity index (χ1v) is 8.06. The van der Waals surface area contributed by atoms with Gasteiger partial charge in [-0.3, -0.25) is 4.79 Å². The van der Waals surface area contributed by atoms with Crippen molar-refractivity contribution in [2.45, 2.75) is 44.2 Å². The standard InChI is InChI=1S/C15H30N4O/c1-18(2)13-6-10-19(11-7-13)12-9-17-15(20)14-5-3-4-8-16-14/h13-14,16H,3-12H2,1-2H3,(H,17,20)/t14-/m1/s1. The minimum atomic E-state index is 0.0447. The molecule has 2 fully saturated rings. The van der Waals surface area contributed by atoms with E-state index in [0.717, 1.165) is 45.2 Å². The summed E-state index contributed by atoms with van der Waals surface area (Å²) >= 11 is 0. The number of nitrogens with one attached hydrogen (secondary N) is 2. The summed E-state index contributed by atoms with van der Waals surface area (Å²) in [5, 5.41) is 6.37. The number of amides is 1. The van der Waals surface area contributed by atoms with E-state index in [1.165, 1.54) is 25.7 Å². The molecular formula is C15H30N4O. The molecule has 1 atom stereocenters. The Bertz CT molecular complexity index is 294. The lowest BCUT2D eigenvalue weighted by Crippen LogP contribution is -2.49. The monoisotopic (exact) mass is 282 g/mol. The van der Waals surface area contributed by atoms with Crippen molar-refractivity contribution in [3.63, 3.8) is 0 Å². The van der Waals surface area contributed by atoms with E-state index in [2.05, 4.69) is 34.5 Å². The molecule has 0 bridgehead atoms. The molecule has 0 aromatic carbocycles. The molecule has 5 nitrogen and oxygen atoms in total. The first-order chi connectivity index (χ1) is 9.66. The number of hydrogen-bond acceptors (Lipinski definition) is 4. The van der Waals surface area contributed by atoms with Gasteiger partial charge in [-0.2, -0.15) is 0 Å². The van der Waals surface area contributed by atoms with Crippen LogP contribution in [0.3, 0.4) is 0 Å². The summed E-state index contributed by atoms with van der Waals surface area (Å²) in [5.41, 5.74) is 0. The van der Waals surface area contributed by atoms with Crippen LogP contribution >= 0.6 is 0 Å². The highest BCUT2D eigenvalue weighted by molar-refractivity contribution is 5.81. The van der Waals surface area contributed by atoms with Crippen LogP contribution in [0.5, 0.6) is 0 Å². The van der Waals surface area contributed by atoms with Gasteiger partial charge >= 0.3 is 0 Å². The Kier molecular flexibility index (Phi) is 6.26. The highest BCUT2D eigenvalue weighted by Crippen LogP contribution is 2.13. The fraction of sp³-hybridized carbons (Fsp3) is 0.933. The molecule has 0 radical (unpaired) electrons. The second-order valence-corrected chi connectivity index (χ2v) is 6.33. The number of carbonyl (C=O) groups excluding carboxylic acids is 1. The van der Waals surface area contributed by atoms with Gasteiger partial charge in [-0.05, 0) is 59.4 Å². The number of carbonyl (C=O) groups is 1. The third-order valence-corrected chi connectivity index (χ3v) is 4.64. The molecule has 0 spiro atoms. The number of likely N-dealkylation sites (tertiary alicyclic amines) is 1. The summed E-state index contributed by atoms with van der Waals surface area (Å²) in [5.74, 6) is 0.188. The predicted molar refractivity (Wildman–Crippen MR) is 81.8 cm³/mol. The molecule has 0 aromatic heterocycles. The molecule has 0 saturated carbocycles. The Balaban J connectivity index is 1.58. The predicted octanol–water partition coefficient (Wildman–Crippen LogP) is 0.271. The van der Waals surface area contributed by atoms with E-state index in [9.17, 15) is 4.79 Å². The average molecular weight is 282 g/mol. The molecule has 0 aromatic rings. The Labute approximate surface area is 123 Å². The van der Waals surface area contributed by atoms with E-state index in [0.29, 0.717) is 0 Å². The Morgan fingerprint density at radius 3 is 2.60 bits per heavy atom. The molecule has 20 heavy (non-hydrogen) atoms. The van der Waals surface area contributed by atoms with Gasteiger partial charge in [0.25, 0.3) is 0 Å². The van der Waals surface area contributed by atoms with Crippen LogP contribution in [0.1, 0.15) is 32.1 Å². The van der Waals surface area contributed by atoms with Gasteiger partial charge in [-0.15, -0.1) is 0 Å². The van der Waals surface area contributed by atoms with Crippen molar-refractivity contribution < 1.29 is 4.79 Å². The van der Waals surface area contributed by atoms with Crippen molar-refractivity contribution in [2.75, 3.05) is 46.8 Å². The van der Waals surface area contributed by atoms with E-state index >= 15 is 0 Å². The quantitative estimate of drug-likeness (QED) is 0.760. The SMILES string of the molecule is CN(C)C1CCN(CCNC(=O)[C@H]2CCCCN2)CC1. The zero-order valence-electron chi connectivity index (χ0n) is 13.0. The average Bonchev–Trinajstić information content (AvgIpc) is 2.48. The first kappa shape index (κ1) is 15.7. The smallest absolute Gasteiger partial charge is 0.237 e. The van der Waals surface area contributed by atoms with E-state index in [1.54, 1.807) is 0 Å². The van der Waals surface area contributed by atoms with Gasteiger partial charge in [0.05, 0.1) is 6.04 Å². The molecule has 0 aliphatic carbocycles. The van der Waals surface area contributed by atoms with Gasteiger partial charge in [-0.1, -0.05) is 6.42 Å². The lowest BCUT2D eigenvalue weighted by Gasteiger charge is -2.35. The second kappa shape index (κ2) is 7.96. The largest absolute Gasteiger partial charge is 0.353 e. The van der Waals surface area contributed by atoms with E-state index in [4.69, 9.17) is 0 Å². The summed E-state index contributed by atoms with van der Waals surface area (Å²) in [6.07, 6.45) is 5.84. The van der Waals surface area contributed by atoms with E-state index < -0.39 is 0 Å². The topological polar surface area (TPSA) is 47.6 Å². The molecule has 5 heteroatoms. The molecule has 2 saturated heterocycles. The van der Waals surface area contributed by atoms with Crippen LogP contribution in [0.15, 0.2) is 0 Å². The molecule has 2 N–H and O–H groups in total. The maximum Gasteiger partial charge on any atom is 0.237 e. The third-order valence-electron chi connectivity index (χ3n) is 4.64. The van der Waals surface area contributed by atoms with Gasteiger partial charge in [0.2, 0.25) is 5.91 Å². The molecule has 0 unspecified atom stereocenters. The van der Waals surface area contributed by atoms with Crippen molar-refractivity contribution in [1.82, 2.24) is 20.4 Å². The minimum Gasteiger partial charge on any atom is -0.353 e. The van der Waals surface area contributed by atoms with Crippen LogP contribution < -0.4 is 10.6 Å². The second-order valence-electron chi connectivity index (χ2n) is 6.33. The number of rotatable bonds is 5. The van der Waals surface area contributed by atoms with Gasteiger partial charge in [0, 0.05) is 19.1 Å². The lowest BCUT2D eigenvalue weighted by molar-refractivity contribution is -0.123. The number of nitrogens with zero attached hydrogens (tertiary/aromatic N) is 2. The summed E-state index contributed by atoms with van der Waals surface area (Å²) in [7, 11) is 4.33. The molecule has 116 valence electrons. The fourth-order valence-corrected chi connectivity index (χ4v) is 3.20. The molecule has 2 aliphatic rings. The number of hydrogen-bond donors (Lipinski definition) is 2. The van der Waals surface area contributed by atoms with Gasteiger partial charge in [0.15, 0.2) is 0 Å². The van der Waals surface area contributed by atoms with Crippen LogP contribution in [0.25, 0.3) is 0 Å². The van der Waals surface area contributed by atoms with Gasteiger partial charge in [-0.25, -0.2) is 0 Å². The van der Waals surface area contributed by atoms with Crippen LogP contribution in [0.2, 0.25) is 0 Å². The highest BCUT2D eigenvalue weighted by atomic mass is 16.2. The first-order valence-electron chi connectivity index (χ1n) is 8.06. The summed E-state index contributed by atoms with van der Waals surface area (Å²) in [6, 6.07) is 0.774. The Morgan fingerprint density at radius 2 is 2.00 bits per heavy atom. The normalized spacial score (nSPS) is 25.9. The number of piperidine rings is 2. The molecule has 2 rings (SSSR count). The zero-order chi connectivity index (χ0) is 14.4. The Morgan fingerprint density at radius 1 is 1.25 bits per heavy atom. The summed E-state index contributed by atoms with van der Waals surface area (Å²) in [4.78, 5) is 16.8. The van der Waals surface area contributed by atoms with Crippen molar-refractivity contribution in [3.05, 3.63) is 0 Å². The molecule has 2 aliphatic heterocycles. The van der Waals surface area contributed by atoms with Crippen LogP contribution in [-0.2, 0) is 4.79 Å². The van der Waals surface area contributed by atoms with Crippen LogP contribution in [0, 0.1) is 0 Å².